The Kier molecular flexibility index (Phi) is 5.33. The summed E-state index contributed by atoms with van der Waals surface area (Å²) in [6.07, 6.45) is 2.41. The Morgan fingerprint density at radius 3 is 1.89 bits per heavy atom. The van der Waals surface area contributed by atoms with Gasteiger partial charge in [0.25, 0.3) is 5.92 Å². The van der Waals surface area contributed by atoms with E-state index in [4.69, 9.17) is 0 Å². The number of unbranched alkanes of at least 4 members (excludes halogenated alkanes) is 1. The number of likely N-dealkylation sites (tertiary alicyclic amines) is 1. The van der Waals surface area contributed by atoms with Crippen molar-refractivity contribution < 1.29 is 8.78 Å². The van der Waals surface area contributed by atoms with Gasteiger partial charge in [0.15, 0.2) is 0 Å². The van der Waals surface area contributed by atoms with Gasteiger partial charge in [-0.3, -0.25) is 0 Å². The van der Waals surface area contributed by atoms with Crippen LogP contribution < -0.4 is 5.32 Å². The fourth-order valence-electron chi connectivity index (χ4n) is 2.71. The third-order valence-electron chi connectivity index (χ3n) is 4.00. The van der Waals surface area contributed by atoms with Crippen molar-refractivity contribution in [3.05, 3.63) is 0 Å². The number of hydrogen-bond donors (Lipinski definition) is 1. The molecule has 0 aliphatic carbocycles. The molecular formula is C13H25F2N3. The second kappa shape index (κ2) is 6.78. The molecule has 2 rings (SSSR count). The van der Waals surface area contributed by atoms with Crippen LogP contribution in [0.15, 0.2) is 0 Å². The van der Waals surface area contributed by atoms with E-state index in [2.05, 4.69) is 15.1 Å². The Labute approximate surface area is 109 Å². The highest BCUT2D eigenvalue weighted by Gasteiger charge is 2.33. The van der Waals surface area contributed by atoms with Crippen molar-refractivity contribution in [3.63, 3.8) is 0 Å². The first kappa shape index (κ1) is 14.2. The molecule has 1 N–H and O–H groups in total. The zero-order chi connectivity index (χ0) is 12.8. The lowest BCUT2D eigenvalue weighted by atomic mass is 10.1. The number of halogens is 2. The molecule has 2 saturated heterocycles. The van der Waals surface area contributed by atoms with Crippen molar-refractivity contribution >= 4 is 0 Å². The molecule has 0 bridgehead atoms. The number of rotatable bonds is 5. The molecular weight excluding hydrogens is 236 g/mol. The van der Waals surface area contributed by atoms with E-state index in [0.29, 0.717) is 13.1 Å². The van der Waals surface area contributed by atoms with Gasteiger partial charge in [-0.25, -0.2) is 8.78 Å². The SMILES string of the molecule is FC1(F)CCN(CCCCN2CCNCC2)CC1. The van der Waals surface area contributed by atoms with Gasteiger partial charge < -0.3 is 15.1 Å². The van der Waals surface area contributed by atoms with Crippen LogP contribution in [0, 0.1) is 0 Å². The normalized spacial score (nSPS) is 26.3. The number of hydrogen-bond acceptors (Lipinski definition) is 3. The maximum atomic E-state index is 13.0. The van der Waals surface area contributed by atoms with E-state index in [1.165, 1.54) is 6.42 Å². The predicted molar refractivity (Wildman–Crippen MR) is 69.2 cm³/mol. The lowest BCUT2D eigenvalue weighted by Crippen LogP contribution is -2.44. The highest BCUT2D eigenvalue weighted by atomic mass is 19.3. The van der Waals surface area contributed by atoms with Crippen LogP contribution in [0.4, 0.5) is 8.78 Å². The van der Waals surface area contributed by atoms with Gasteiger partial charge in [-0.05, 0) is 25.9 Å². The fraction of sp³-hybridized carbons (Fsp3) is 1.00. The van der Waals surface area contributed by atoms with Crippen LogP contribution in [0.1, 0.15) is 25.7 Å². The molecule has 2 heterocycles. The van der Waals surface area contributed by atoms with E-state index in [1.54, 1.807) is 0 Å². The van der Waals surface area contributed by atoms with Crippen molar-refractivity contribution in [1.82, 2.24) is 15.1 Å². The molecule has 0 aromatic carbocycles. The van der Waals surface area contributed by atoms with E-state index in [1.807, 2.05) is 0 Å². The van der Waals surface area contributed by atoms with Gasteiger partial charge >= 0.3 is 0 Å². The molecule has 2 fully saturated rings. The standard InChI is InChI=1S/C13H25F2N3/c14-13(15)3-9-17(10-4-13)7-1-2-8-18-11-5-16-6-12-18/h16H,1-12H2. The summed E-state index contributed by atoms with van der Waals surface area (Å²) in [7, 11) is 0. The summed E-state index contributed by atoms with van der Waals surface area (Å²) in [6.45, 7) is 7.78. The van der Waals surface area contributed by atoms with Gasteiger partial charge in [0.05, 0.1) is 0 Å². The number of piperazine rings is 1. The van der Waals surface area contributed by atoms with Gasteiger partial charge in [-0.15, -0.1) is 0 Å². The fourth-order valence-corrected chi connectivity index (χ4v) is 2.71. The van der Waals surface area contributed by atoms with Crippen molar-refractivity contribution in [2.24, 2.45) is 0 Å². The van der Waals surface area contributed by atoms with Gasteiger partial charge in [-0.2, -0.15) is 0 Å². The van der Waals surface area contributed by atoms with E-state index in [-0.39, 0.29) is 12.8 Å². The Morgan fingerprint density at radius 1 is 0.833 bits per heavy atom. The quantitative estimate of drug-likeness (QED) is 0.755. The van der Waals surface area contributed by atoms with Crippen LogP contribution in [-0.4, -0.2) is 68.1 Å². The van der Waals surface area contributed by atoms with Crippen molar-refractivity contribution in [2.45, 2.75) is 31.6 Å². The highest BCUT2D eigenvalue weighted by molar-refractivity contribution is 4.77. The summed E-state index contributed by atoms with van der Waals surface area (Å²) >= 11 is 0. The smallest absolute Gasteiger partial charge is 0.250 e. The van der Waals surface area contributed by atoms with E-state index in [9.17, 15) is 8.78 Å². The molecule has 0 unspecified atom stereocenters. The van der Waals surface area contributed by atoms with Gasteiger partial charge in [0.2, 0.25) is 0 Å². The summed E-state index contributed by atoms with van der Waals surface area (Å²) in [5, 5.41) is 3.34. The number of nitrogens with one attached hydrogen (secondary N) is 1. The lowest BCUT2D eigenvalue weighted by Gasteiger charge is -2.32. The predicted octanol–water partition coefficient (Wildman–Crippen LogP) is 1.40. The van der Waals surface area contributed by atoms with E-state index >= 15 is 0 Å². The van der Waals surface area contributed by atoms with Crippen LogP contribution in [0.25, 0.3) is 0 Å². The summed E-state index contributed by atoms with van der Waals surface area (Å²) in [4.78, 5) is 4.68. The monoisotopic (exact) mass is 261 g/mol. The first-order valence-electron chi connectivity index (χ1n) is 7.19. The Hall–Kier alpha value is -0.260. The van der Waals surface area contributed by atoms with Crippen LogP contribution in [-0.2, 0) is 0 Å². The molecule has 0 atom stereocenters. The minimum Gasteiger partial charge on any atom is -0.314 e. The lowest BCUT2D eigenvalue weighted by molar-refractivity contribution is -0.0552. The molecule has 5 heteroatoms. The molecule has 0 radical (unpaired) electrons. The van der Waals surface area contributed by atoms with E-state index in [0.717, 1.165) is 45.7 Å². The van der Waals surface area contributed by atoms with Crippen LogP contribution >= 0.6 is 0 Å². The highest BCUT2D eigenvalue weighted by Crippen LogP contribution is 2.27. The summed E-state index contributed by atoms with van der Waals surface area (Å²) in [5.74, 6) is -2.41. The minimum absolute atomic E-state index is 0.0464. The summed E-state index contributed by atoms with van der Waals surface area (Å²) < 4.78 is 25.9. The topological polar surface area (TPSA) is 18.5 Å². The van der Waals surface area contributed by atoms with Crippen LogP contribution in [0.3, 0.4) is 0 Å². The van der Waals surface area contributed by atoms with Crippen molar-refractivity contribution in [1.29, 1.82) is 0 Å². The zero-order valence-electron chi connectivity index (χ0n) is 11.1. The minimum atomic E-state index is -2.41. The molecule has 3 nitrogen and oxygen atoms in total. The molecule has 18 heavy (non-hydrogen) atoms. The first-order chi connectivity index (χ1) is 8.66. The Bertz CT molecular complexity index is 232. The third-order valence-corrected chi connectivity index (χ3v) is 4.00. The zero-order valence-corrected chi connectivity index (χ0v) is 11.1. The molecule has 0 aromatic heterocycles. The third kappa shape index (κ3) is 4.78. The molecule has 0 saturated carbocycles. The average Bonchev–Trinajstić information content (AvgIpc) is 2.37. The van der Waals surface area contributed by atoms with E-state index < -0.39 is 5.92 Å². The second-order valence-electron chi connectivity index (χ2n) is 5.50. The van der Waals surface area contributed by atoms with Crippen LogP contribution in [0.2, 0.25) is 0 Å². The average molecular weight is 261 g/mol. The van der Waals surface area contributed by atoms with Gasteiger partial charge in [0.1, 0.15) is 0 Å². The molecule has 0 spiro atoms. The Balaban J connectivity index is 1.50. The number of alkyl halides is 2. The summed E-state index contributed by atoms with van der Waals surface area (Å²) in [6, 6.07) is 0. The number of nitrogens with zero attached hydrogens (tertiary/aromatic N) is 2. The number of piperidine rings is 1. The molecule has 2 aliphatic heterocycles. The van der Waals surface area contributed by atoms with Gasteiger partial charge in [-0.1, -0.05) is 0 Å². The molecule has 0 amide bonds. The maximum Gasteiger partial charge on any atom is 0.250 e. The molecule has 106 valence electrons. The molecule has 2 aliphatic rings. The second-order valence-corrected chi connectivity index (χ2v) is 5.50. The largest absolute Gasteiger partial charge is 0.314 e. The van der Waals surface area contributed by atoms with Crippen molar-refractivity contribution in [3.8, 4) is 0 Å². The summed E-state index contributed by atoms with van der Waals surface area (Å²) in [5.41, 5.74) is 0. The molecule has 0 aromatic rings. The van der Waals surface area contributed by atoms with Crippen molar-refractivity contribution in [2.75, 3.05) is 52.4 Å². The van der Waals surface area contributed by atoms with Gasteiger partial charge in [0, 0.05) is 52.1 Å². The van der Waals surface area contributed by atoms with Crippen LogP contribution in [0.5, 0.6) is 0 Å². The maximum absolute atomic E-state index is 13.0. The Morgan fingerprint density at radius 2 is 1.33 bits per heavy atom. The first-order valence-corrected chi connectivity index (χ1v) is 7.19.